The molecule has 0 fully saturated rings. The van der Waals surface area contributed by atoms with E-state index in [1.165, 1.54) is 7.11 Å². The van der Waals surface area contributed by atoms with Crippen molar-refractivity contribution in [2.75, 3.05) is 13.7 Å². The van der Waals surface area contributed by atoms with Crippen LogP contribution in [0, 0.1) is 11.3 Å². The zero-order valence-electron chi connectivity index (χ0n) is 9.60. The molecular formula is C13H13NO3. The van der Waals surface area contributed by atoms with Crippen LogP contribution in [-0.2, 0) is 6.42 Å². The van der Waals surface area contributed by atoms with E-state index >= 15 is 0 Å². The van der Waals surface area contributed by atoms with E-state index in [2.05, 4.69) is 6.58 Å². The van der Waals surface area contributed by atoms with Gasteiger partial charge in [-0.15, -0.1) is 6.58 Å². The highest BCUT2D eigenvalue weighted by Gasteiger charge is 2.12. The maximum absolute atomic E-state index is 10.8. The highest BCUT2D eigenvalue weighted by atomic mass is 16.5. The molecule has 17 heavy (non-hydrogen) atoms. The van der Waals surface area contributed by atoms with E-state index in [1.54, 1.807) is 18.2 Å². The predicted molar refractivity (Wildman–Crippen MR) is 63.4 cm³/mol. The first-order valence-corrected chi connectivity index (χ1v) is 5.03. The third-order valence-corrected chi connectivity index (χ3v) is 2.16. The number of nitriles is 1. The minimum absolute atomic E-state index is 0.0685. The summed E-state index contributed by atoms with van der Waals surface area (Å²) < 4.78 is 10.5. The van der Waals surface area contributed by atoms with Gasteiger partial charge >= 0.3 is 0 Å². The van der Waals surface area contributed by atoms with Crippen LogP contribution in [0.15, 0.2) is 24.8 Å². The molecule has 1 rings (SSSR count). The van der Waals surface area contributed by atoms with Gasteiger partial charge in [0.2, 0.25) is 0 Å². The number of allylic oxidation sites excluding steroid dienone is 1. The van der Waals surface area contributed by atoms with Crippen molar-refractivity contribution in [3.8, 4) is 17.6 Å². The van der Waals surface area contributed by atoms with Crippen molar-refractivity contribution >= 4 is 6.29 Å². The molecule has 0 amide bonds. The van der Waals surface area contributed by atoms with E-state index in [0.29, 0.717) is 23.5 Å². The average Bonchev–Trinajstić information content (AvgIpc) is 2.36. The standard InChI is InChI=1S/C13H13NO3/c1-3-4-11-7-10(9-15)8-12(16-2)13(11)17-6-5-14/h3,7-9H,1,4,6H2,2H3. The van der Waals surface area contributed by atoms with Crippen LogP contribution in [0.3, 0.4) is 0 Å². The van der Waals surface area contributed by atoms with Gasteiger partial charge in [-0.1, -0.05) is 6.08 Å². The molecule has 4 heteroatoms. The summed E-state index contributed by atoms with van der Waals surface area (Å²) in [5, 5.41) is 8.52. The SMILES string of the molecule is C=CCc1cc(C=O)cc(OC)c1OCC#N. The van der Waals surface area contributed by atoms with Gasteiger partial charge in [0.15, 0.2) is 18.1 Å². The molecule has 0 aliphatic rings. The molecular weight excluding hydrogens is 218 g/mol. The summed E-state index contributed by atoms with van der Waals surface area (Å²) >= 11 is 0. The Morgan fingerprint density at radius 1 is 1.53 bits per heavy atom. The largest absolute Gasteiger partial charge is 0.493 e. The van der Waals surface area contributed by atoms with E-state index in [-0.39, 0.29) is 6.61 Å². The fourth-order valence-corrected chi connectivity index (χ4v) is 1.48. The van der Waals surface area contributed by atoms with Crippen molar-refractivity contribution in [3.63, 3.8) is 0 Å². The second kappa shape index (κ2) is 6.33. The first-order chi connectivity index (χ1) is 8.26. The van der Waals surface area contributed by atoms with E-state index in [4.69, 9.17) is 14.7 Å². The second-order valence-corrected chi connectivity index (χ2v) is 3.27. The fourth-order valence-electron chi connectivity index (χ4n) is 1.48. The Kier molecular flexibility index (Phi) is 4.77. The Bertz CT molecular complexity index is 460. The summed E-state index contributed by atoms with van der Waals surface area (Å²) in [7, 11) is 1.49. The molecule has 0 N–H and O–H groups in total. The minimum atomic E-state index is -0.0685. The van der Waals surface area contributed by atoms with Gasteiger partial charge in [0, 0.05) is 11.1 Å². The molecule has 0 radical (unpaired) electrons. The van der Waals surface area contributed by atoms with Crippen molar-refractivity contribution in [1.29, 1.82) is 5.26 Å². The average molecular weight is 231 g/mol. The lowest BCUT2D eigenvalue weighted by Gasteiger charge is -2.13. The molecule has 0 saturated heterocycles. The lowest BCUT2D eigenvalue weighted by atomic mass is 10.1. The number of ether oxygens (including phenoxy) is 2. The van der Waals surface area contributed by atoms with Crippen LogP contribution in [0.4, 0.5) is 0 Å². The summed E-state index contributed by atoms with van der Waals surface area (Å²) in [4.78, 5) is 10.8. The van der Waals surface area contributed by atoms with Crippen molar-refractivity contribution in [2.24, 2.45) is 0 Å². The van der Waals surface area contributed by atoms with Gasteiger partial charge in [-0.05, 0) is 18.6 Å². The molecule has 0 unspecified atom stereocenters. The predicted octanol–water partition coefficient (Wildman–Crippen LogP) is 2.14. The summed E-state index contributed by atoms with van der Waals surface area (Å²) in [6.45, 7) is 3.57. The first-order valence-electron chi connectivity index (χ1n) is 5.03. The van der Waals surface area contributed by atoms with Crippen LogP contribution in [0.1, 0.15) is 15.9 Å². The van der Waals surface area contributed by atoms with Gasteiger partial charge in [0.1, 0.15) is 12.4 Å². The number of aldehydes is 1. The molecule has 0 aliphatic carbocycles. The Morgan fingerprint density at radius 2 is 2.29 bits per heavy atom. The summed E-state index contributed by atoms with van der Waals surface area (Å²) in [5.41, 5.74) is 1.28. The molecule has 1 aromatic carbocycles. The Labute approximate surface area is 100 Å². The number of carbonyl (C=O) groups excluding carboxylic acids is 1. The van der Waals surface area contributed by atoms with E-state index in [0.717, 1.165) is 11.8 Å². The van der Waals surface area contributed by atoms with Crippen LogP contribution < -0.4 is 9.47 Å². The fraction of sp³-hybridized carbons (Fsp3) is 0.231. The van der Waals surface area contributed by atoms with Crippen LogP contribution in [0.5, 0.6) is 11.5 Å². The zero-order chi connectivity index (χ0) is 12.7. The molecule has 88 valence electrons. The lowest BCUT2D eigenvalue weighted by molar-refractivity contribution is 0.112. The molecule has 0 aromatic heterocycles. The first kappa shape index (κ1) is 12.8. The number of hydrogen-bond acceptors (Lipinski definition) is 4. The van der Waals surface area contributed by atoms with Gasteiger partial charge in [-0.2, -0.15) is 5.26 Å². The van der Waals surface area contributed by atoms with Gasteiger partial charge in [-0.3, -0.25) is 4.79 Å². The summed E-state index contributed by atoms with van der Waals surface area (Å²) in [6, 6.07) is 5.17. The number of carbonyl (C=O) groups is 1. The number of nitrogens with zero attached hydrogens (tertiary/aromatic N) is 1. The normalized spacial score (nSPS) is 9.18. The molecule has 0 aliphatic heterocycles. The van der Waals surface area contributed by atoms with Crippen LogP contribution in [0.2, 0.25) is 0 Å². The third kappa shape index (κ3) is 3.08. The number of rotatable bonds is 6. The van der Waals surface area contributed by atoms with Crippen LogP contribution in [-0.4, -0.2) is 20.0 Å². The van der Waals surface area contributed by atoms with E-state index < -0.39 is 0 Å². The van der Waals surface area contributed by atoms with Crippen LogP contribution in [0.25, 0.3) is 0 Å². The lowest BCUT2D eigenvalue weighted by Crippen LogP contribution is -2.01. The summed E-state index contributed by atoms with van der Waals surface area (Å²) in [5.74, 6) is 0.932. The summed E-state index contributed by atoms with van der Waals surface area (Å²) in [6.07, 6.45) is 2.98. The Hall–Kier alpha value is -2.28. The molecule has 0 bridgehead atoms. The maximum Gasteiger partial charge on any atom is 0.174 e. The van der Waals surface area contributed by atoms with Gasteiger partial charge in [-0.25, -0.2) is 0 Å². The topological polar surface area (TPSA) is 59.3 Å². The van der Waals surface area contributed by atoms with E-state index in [1.807, 2.05) is 6.07 Å². The molecule has 0 saturated carbocycles. The zero-order valence-corrected chi connectivity index (χ0v) is 9.60. The molecule has 0 spiro atoms. The Balaban J connectivity index is 3.24. The third-order valence-electron chi connectivity index (χ3n) is 2.16. The van der Waals surface area contributed by atoms with E-state index in [9.17, 15) is 4.79 Å². The quantitative estimate of drug-likeness (QED) is 0.556. The molecule has 4 nitrogen and oxygen atoms in total. The Morgan fingerprint density at radius 3 is 2.82 bits per heavy atom. The maximum atomic E-state index is 10.8. The minimum Gasteiger partial charge on any atom is -0.493 e. The van der Waals surface area contributed by atoms with Gasteiger partial charge in [0.25, 0.3) is 0 Å². The number of benzene rings is 1. The van der Waals surface area contributed by atoms with Crippen molar-refractivity contribution in [3.05, 3.63) is 35.9 Å². The molecule has 1 aromatic rings. The highest BCUT2D eigenvalue weighted by molar-refractivity contribution is 5.77. The van der Waals surface area contributed by atoms with Crippen molar-refractivity contribution in [2.45, 2.75) is 6.42 Å². The highest BCUT2D eigenvalue weighted by Crippen LogP contribution is 2.33. The van der Waals surface area contributed by atoms with Crippen LogP contribution >= 0.6 is 0 Å². The van der Waals surface area contributed by atoms with Gasteiger partial charge in [0.05, 0.1) is 7.11 Å². The number of hydrogen-bond donors (Lipinski definition) is 0. The molecule has 0 heterocycles. The van der Waals surface area contributed by atoms with Crippen molar-refractivity contribution < 1.29 is 14.3 Å². The molecule has 0 atom stereocenters. The number of methoxy groups -OCH3 is 1. The monoisotopic (exact) mass is 231 g/mol. The van der Waals surface area contributed by atoms with Gasteiger partial charge < -0.3 is 9.47 Å². The second-order valence-electron chi connectivity index (χ2n) is 3.27. The van der Waals surface area contributed by atoms with Crippen molar-refractivity contribution in [1.82, 2.24) is 0 Å². The smallest absolute Gasteiger partial charge is 0.174 e.